The van der Waals surface area contributed by atoms with E-state index in [0.717, 1.165) is 0 Å². The van der Waals surface area contributed by atoms with Gasteiger partial charge in [0.1, 0.15) is 0 Å². The Balaban J connectivity index is 2.13. The van der Waals surface area contributed by atoms with Gasteiger partial charge < -0.3 is 5.73 Å². The smallest absolute Gasteiger partial charge is 0.261 e. The first kappa shape index (κ1) is 14.7. The van der Waals surface area contributed by atoms with E-state index >= 15 is 0 Å². The van der Waals surface area contributed by atoms with Gasteiger partial charge in [-0.2, -0.15) is 0 Å². The third-order valence-electron chi connectivity index (χ3n) is 2.60. The maximum atomic E-state index is 12.1. The lowest BCUT2D eigenvalue weighted by molar-refractivity contribution is -0.109. The van der Waals surface area contributed by atoms with E-state index in [1.54, 1.807) is 24.3 Å². The van der Waals surface area contributed by atoms with Crippen LogP contribution in [0.15, 0.2) is 53.4 Å². The second kappa shape index (κ2) is 6.14. The number of carbonyl (C=O) groups excluding carboxylic acids is 1. The summed E-state index contributed by atoms with van der Waals surface area (Å²) in [6, 6.07) is 12.3. The molecule has 110 valence electrons. The highest BCUT2D eigenvalue weighted by Gasteiger charge is 2.13. The third kappa shape index (κ3) is 3.86. The number of hydrogen-bond acceptors (Lipinski definition) is 5. The minimum Gasteiger partial charge on any atom is -0.399 e. The lowest BCUT2D eigenvalue weighted by atomic mass is 10.3. The molecule has 0 saturated carbocycles. The number of nitrogens with one attached hydrogen (secondary N) is 3. The lowest BCUT2D eigenvalue weighted by Gasteiger charge is -2.09. The van der Waals surface area contributed by atoms with Gasteiger partial charge in [-0.3, -0.25) is 20.4 Å². The molecule has 0 saturated heterocycles. The van der Waals surface area contributed by atoms with Crippen LogP contribution in [0.5, 0.6) is 0 Å². The summed E-state index contributed by atoms with van der Waals surface area (Å²) in [5.74, 6) is 0. The Bertz CT molecular complexity index is 712. The number of nitrogen functional groups attached to an aromatic ring is 1. The fourth-order valence-electron chi connectivity index (χ4n) is 1.60. The zero-order chi connectivity index (χ0) is 15.3. The molecular formula is C13H14N4O3S. The van der Waals surface area contributed by atoms with Crippen LogP contribution in [0.3, 0.4) is 0 Å². The van der Waals surface area contributed by atoms with Crippen LogP contribution >= 0.6 is 0 Å². The van der Waals surface area contributed by atoms with Gasteiger partial charge in [0, 0.05) is 11.4 Å². The summed E-state index contributed by atoms with van der Waals surface area (Å²) in [6.07, 6.45) is 0.498. The highest BCUT2D eigenvalue weighted by Crippen LogP contribution is 2.18. The molecule has 0 aromatic heterocycles. The van der Waals surface area contributed by atoms with Gasteiger partial charge in [-0.25, -0.2) is 8.42 Å². The Hall–Kier alpha value is -2.74. The topological polar surface area (TPSA) is 113 Å². The zero-order valence-electron chi connectivity index (χ0n) is 10.9. The SMILES string of the molecule is Nc1ccc(S(=O)(=O)Nc2ccc(NNC=O)cc2)cc1. The predicted molar refractivity (Wildman–Crippen MR) is 80.9 cm³/mol. The predicted octanol–water partition coefficient (Wildman–Crippen LogP) is 1.14. The number of benzene rings is 2. The number of amides is 1. The first-order chi connectivity index (χ1) is 10.0. The van der Waals surface area contributed by atoms with E-state index in [1.165, 1.54) is 24.3 Å². The average molecular weight is 306 g/mol. The van der Waals surface area contributed by atoms with Crippen molar-refractivity contribution >= 4 is 33.5 Å². The summed E-state index contributed by atoms with van der Waals surface area (Å²) in [5, 5.41) is 0. The minimum atomic E-state index is -3.66. The van der Waals surface area contributed by atoms with Crippen LogP contribution in [-0.2, 0) is 14.8 Å². The summed E-state index contributed by atoms with van der Waals surface area (Å²) in [6.45, 7) is 0. The molecule has 0 atom stereocenters. The van der Waals surface area contributed by atoms with Crippen molar-refractivity contribution in [2.45, 2.75) is 4.90 Å². The van der Waals surface area contributed by atoms with Crippen molar-refractivity contribution in [3.8, 4) is 0 Å². The molecule has 21 heavy (non-hydrogen) atoms. The number of hydrazine groups is 1. The second-order valence-electron chi connectivity index (χ2n) is 4.14. The monoisotopic (exact) mass is 306 g/mol. The van der Waals surface area contributed by atoms with Gasteiger partial charge in [0.25, 0.3) is 10.0 Å². The van der Waals surface area contributed by atoms with Crippen LogP contribution in [0.2, 0.25) is 0 Å². The Morgan fingerprint density at radius 2 is 1.48 bits per heavy atom. The van der Waals surface area contributed by atoms with E-state index in [-0.39, 0.29) is 4.90 Å². The van der Waals surface area contributed by atoms with Gasteiger partial charge in [-0.15, -0.1) is 0 Å². The summed E-state index contributed by atoms with van der Waals surface area (Å²) >= 11 is 0. The van der Waals surface area contributed by atoms with Crippen LogP contribution in [0, 0.1) is 0 Å². The fourth-order valence-corrected chi connectivity index (χ4v) is 2.65. The van der Waals surface area contributed by atoms with E-state index < -0.39 is 10.0 Å². The minimum absolute atomic E-state index is 0.126. The largest absolute Gasteiger partial charge is 0.399 e. The van der Waals surface area contributed by atoms with Crippen molar-refractivity contribution in [1.29, 1.82) is 0 Å². The van der Waals surface area contributed by atoms with Crippen molar-refractivity contribution in [2.24, 2.45) is 0 Å². The molecular weight excluding hydrogens is 292 g/mol. The van der Waals surface area contributed by atoms with Crippen LogP contribution in [0.1, 0.15) is 0 Å². The molecule has 0 radical (unpaired) electrons. The Kier molecular flexibility index (Phi) is 4.29. The highest BCUT2D eigenvalue weighted by molar-refractivity contribution is 7.92. The molecule has 8 heteroatoms. The Morgan fingerprint density at radius 3 is 2.05 bits per heavy atom. The van der Waals surface area contributed by atoms with Gasteiger partial charge in [0.15, 0.2) is 0 Å². The van der Waals surface area contributed by atoms with Crippen molar-refractivity contribution in [1.82, 2.24) is 5.43 Å². The molecule has 0 fully saturated rings. The lowest BCUT2D eigenvalue weighted by Crippen LogP contribution is -2.18. The third-order valence-corrected chi connectivity index (χ3v) is 4.00. The van der Waals surface area contributed by atoms with Crippen LogP contribution in [0.25, 0.3) is 0 Å². The van der Waals surface area contributed by atoms with E-state index in [0.29, 0.717) is 23.5 Å². The zero-order valence-corrected chi connectivity index (χ0v) is 11.7. The Morgan fingerprint density at radius 1 is 0.905 bits per heavy atom. The van der Waals surface area contributed by atoms with Gasteiger partial charge in [-0.05, 0) is 48.5 Å². The molecule has 0 unspecified atom stereocenters. The number of anilines is 3. The first-order valence-electron chi connectivity index (χ1n) is 5.95. The number of nitrogens with two attached hydrogens (primary N) is 1. The molecule has 2 aromatic carbocycles. The van der Waals surface area contributed by atoms with Gasteiger partial charge >= 0.3 is 0 Å². The summed E-state index contributed by atoms with van der Waals surface area (Å²) in [5.41, 5.74) is 11.9. The van der Waals surface area contributed by atoms with Gasteiger partial charge in [0.05, 0.1) is 10.6 Å². The van der Waals surface area contributed by atoms with Gasteiger partial charge in [-0.1, -0.05) is 0 Å². The average Bonchev–Trinajstić information content (AvgIpc) is 2.47. The summed E-state index contributed by atoms with van der Waals surface area (Å²) in [7, 11) is -3.66. The highest BCUT2D eigenvalue weighted by atomic mass is 32.2. The van der Waals surface area contributed by atoms with Crippen molar-refractivity contribution in [3.05, 3.63) is 48.5 Å². The molecule has 0 spiro atoms. The number of hydrogen-bond donors (Lipinski definition) is 4. The molecule has 7 nitrogen and oxygen atoms in total. The molecule has 0 aliphatic carbocycles. The first-order valence-corrected chi connectivity index (χ1v) is 7.43. The van der Waals surface area contributed by atoms with E-state index in [2.05, 4.69) is 15.6 Å². The maximum Gasteiger partial charge on any atom is 0.261 e. The van der Waals surface area contributed by atoms with Crippen LogP contribution < -0.4 is 21.3 Å². The fraction of sp³-hybridized carbons (Fsp3) is 0. The Labute approximate surface area is 122 Å². The normalized spacial score (nSPS) is 10.7. The number of sulfonamides is 1. The van der Waals surface area contributed by atoms with E-state index in [1.807, 2.05) is 0 Å². The van der Waals surface area contributed by atoms with E-state index in [4.69, 9.17) is 5.73 Å². The molecule has 1 amide bonds. The molecule has 0 aliphatic heterocycles. The van der Waals surface area contributed by atoms with Gasteiger partial charge in [0.2, 0.25) is 6.41 Å². The van der Waals surface area contributed by atoms with Crippen molar-refractivity contribution in [3.63, 3.8) is 0 Å². The van der Waals surface area contributed by atoms with Crippen molar-refractivity contribution in [2.75, 3.05) is 15.9 Å². The molecule has 0 bridgehead atoms. The quantitative estimate of drug-likeness (QED) is 0.363. The van der Waals surface area contributed by atoms with Crippen LogP contribution in [-0.4, -0.2) is 14.8 Å². The summed E-state index contributed by atoms with van der Waals surface area (Å²) in [4.78, 5) is 10.3. The molecule has 2 aromatic rings. The van der Waals surface area contributed by atoms with Crippen molar-refractivity contribution < 1.29 is 13.2 Å². The molecule has 0 heterocycles. The van der Waals surface area contributed by atoms with E-state index in [9.17, 15) is 13.2 Å². The number of rotatable bonds is 6. The summed E-state index contributed by atoms with van der Waals surface area (Å²) < 4.78 is 26.7. The standard InChI is InChI=1S/C13H14N4O3S/c14-10-1-7-13(8-2-10)21(19,20)17-12-5-3-11(4-6-12)16-15-9-18/h1-9,16-17H,14H2,(H,15,18). The molecule has 5 N–H and O–H groups in total. The number of carbonyl (C=O) groups is 1. The molecule has 0 aliphatic rings. The maximum absolute atomic E-state index is 12.1. The van der Waals surface area contributed by atoms with Crippen LogP contribution in [0.4, 0.5) is 17.1 Å². The second-order valence-corrected chi connectivity index (χ2v) is 5.82. The molecule has 2 rings (SSSR count).